The van der Waals surface area contributed by atoms with E-state index in [0.29, 0.717) is 13.3 Å². The van der Waals surface area contributed by atoms with Crippen molar-refractivity contribution < 1.29 is 4.84 Å². The normalized spacial score (nSPS) is 17.3. The molecule has 0 bridgehead atoms. The summed E-state index contributed by atoms with van der Waals surface area (Å²) < 4.78 is 0. The standard InChI is InChI=1S/C17H21N5OS/c18-23-9-13(11-4-2-1-3-5-11)22-16-15-12-6-7-19-8-14(12)24-17(15)21-10-20-16/h1-5,13,19,21H,6-10,18H2,(H,20,22)/t13-/m1/s1. The van der Waals surface area contributed by atoms with Crippen molar-refractivity contribution in [1.29, 1.82) is 0 Å². The molecule has 2 aliphatic rings. The van der Waals surface area contributed by atoms with E-state index in [2.05, 4.69) is 33.1 Å². The number of anilines is 1. The largest absolute Gasteiger partial charge is 0.360 e. The number of aliphatic imine (C=N–C) groups is 1. The zero-order chi connectivity index (χ0) is 16.4. The van der Waals surface area contributed by atoms with Gasteiger partial charge in [0.25, 0.3) is 0 Å². The van der Waals surface area contributed by atoms with Crippen molar-refractivity contribution in [3.8, 4) is 0 Å². The van der Waals surface area contributed by atoms with Crippen molar-refractivity contribution in [2.45, 2.75) is 19.0 Å². The van der Waals surface area contributed by atoms with Gasteiger partial charge in [0.2, 0.25) is 0 Å². The summed E-state index contributed by atoms with van der Waals surface area (Å²) in [6, 6.07) is 10.2. The number of fused-ring (bicyclic) bond motifs is 3. The monoisotopic (exact) mass is 343 g/mol. The third-order valence-corrected chi connectivity index (χ3v) is 5.61. The lowest BCUT2D eigenvalue weighted by atomic mass is 10.0. The second kappa shape index (κ2) is 6.90. The number of rotatable bonds is 4. The van der Waals surface area contributed by atoms with Crippen LogP contribution >= 0.6 is 11.3 Å². The van der Waals surface area contributed by atoms with Gasteiger partial charge in [0.1, 0.15) is 17.5 Å². The first-order valence-electron chi connectivity index (χ1n) is 8.14. The van der Waals surface area contributed by atoms with Gasteiger partial charge in [-0.25, -0.2) is 10.9 Å². The van der Waals surface area contributed by atoms with Crippen LogP contribution in [-0.4, -0.2) is 25.7 Å². The van der Waals surface area contributed by atoms with Gasteiger partial charge in [0, 0.05) is 11.4 Å². The molecule has 0 amide bonds. The fraction of sp³-hybridized carbons (Fsp3) is 0.353. The van der Waals surface area contributed by atoms with Crippen LogP contribution in [0.25, 0.3) is 0 Å². The van der Waals surface area contributed by atoms with E-state index in [-0.39, 0.29) is 6.04 Å². The van der Waals surface area contributed by atoms with Gasteiger partial charge >= 0.3 is 0 Å². The van der Waals surface area contributed by atoms with Gasteiger partial charge in [-0.1, -0.05) is 30.3 Å². The summed E-state index contributed by atoms with van der Waals surface area (Å²) in [5.74, 6) is 6.30. The lowest BCUT2D eigenvalue weighted by molar-refractivity contribution is 0.119. The second-order valence-corrected chi connectivity index (χ2v) is 7.02. The predicted octanol–water partition coefficient (Wildman–Crippen LogP) is 1.74. The Bertz CT molecular complexity index is 743. The molecule has 0 fully saturated rings. The lowest BCUT2D eigenvalue weighted by Gasteiger charge is -2.24. The molecule has 4 rings (SSSR count). The minimum atomic E-state index is -0.0295. The molecule has 0 saturated carbocycles. The number of hydrogen-bond acceptors (Lipinski definition) is 7. The van der Waals surface area contributed by atoms with Crippen molar-refractivity contribution in [3.05, 3.63) is 51.9 Å². The molecule has 1 aromatic carbocycles. The molecule has 7 heteroatoms. The molecular formula is C17H21N5OS. The summed E-state index contributed by atoms with van der Waals surface area (Å²) in [5, 5.41) is 11.6. The SMILES string of the molecule is NOC[C@@H](NC1=NCNc2sc3c(c21)CCNC3)c1ccccc1. The van der Waals surface area contributed by atoms with E-state index in [1.165, 1.54) is 21.0 Å². The molecule has 0 saturated heterocycles. The molecule has 24 heavy (non-hydrogen) atoms. The van der Waals surface area contributed by atoms with Crippen LogP contribution in [0, 0.1) is 0 Å². The number of nitrogens with two attached hydrogens (primary N) is 1. The van der Waals surface area contributed by atoms with Crippen LogP contribution < -0.4 is 21.8 Å². The first-order chi connectivity index (χ1) is 11.9. The zero-order valence-corrected chi connectivity index (χ0v) is 14.2. The maximum Gasteiger partial charge on any atom is 0.134 e. The highest BCUT2D eigenvalue weighted by molar-refractivity contribution is 7.16. The van der Waals surface area contributed by atoms with Gasteiger partial charge in [0.05, 0.1) is 18.2 Å². The first-order valence-corrected chi connectivity index (χ1v) is 8.95. The minimum absolute atomic E-state index is 0.0295. The maximum absolute atomic E-state index is 5.36. The zero-order valence-electron chi connectivity index (χ0n) is 13.3. The summed E-state index contributed by atoms with van der Waals surface area (Å²) in [7, 11) is 0. The lowest BCUT2D eigenvalue weighted by Crippen LogP contribution is -2.36. The van der Waals surface area contributed by atoms with Crippen molar-refractivity contribution in [2.24, 2.45) is 10.9 Å². The smallest absolute Gasteiger partial charge is 0.134 e. The number of nitrogens with one attached hydrogen (secondary N) is 3. The summed E-state index contributed by atoms with van der Waals surface area (Å²) in [5.41, 5.74) is 3.77. The highest BCUT2D eigenvalue weighted by atomic mass is 32.1. The topological polar surface area (TPSA) is 83.7 Å². The van der Waals surface area contributed by atoms with E-state index >= 15 is 0 Å². The molecule has 2 aliphatic heterocycles. The molecule has 0 unspecified atom stereocenters. The fourth-order valence-corrected chi connectivity index (χ4v) is 4.47. The average Bonchev–Trinajstić information content (AvgIpc) is 3.01. The summed E-state index contributed by atoms with van der Waals surface area (Å²) in [4.78, 5) is 11.0. The third kappa shape index (κ3) is 2.91. The molecule has 6 nitrogen and oxygen atoms in total. The van der Waals surface area contributed by atoms with Gasteiger partial charge in [-0.15, -0.1) is 11.3 Å². The molecule has 0 spiro atoms. The van der Waals surface area contributed by atoms with E-state index in [1.807, 2.05) is 29.5 Å². The molecule has 1 atom stereocenters. The number of hydrogen-bond donors (Lipinski definition) is 4. The van der Waals surface area contributed by atoms with Gasteiger partial charge in [-0.05, 0) is 24.1 Å². The third-order valence-electron chi connectivity index (χ3n) is 4.42. The highest BCUT2D eigenvalue weighted by Gasteiger charge is 2.27. The van der Waals surface area contributed by atoms with Crippen molar-refractivity contribution in [1.82, 2.24) is 10.6 Å². The number of thiophene rings is 1. The average molecular weight is 343 g/mol. The first kappa shape index (κ1) is 15.6. The van der Waals surface area contributed by atoms with Crippen LogP contribution in [0.3, 0.4) is 0 Å². The van der Waals surface area contributed by atoms with E-state index in [4.69, 9.17) is 10.7 Å². The molecule has 0 aliphatic carbocycles. The Balaban J connectivity index is 1.65. The summed E-state index contributed by atoms with van der Waals surface area (Å²) in [6.07, 6.45) is 1.03. The number of nitrogens with zero attached hydrogens (tertiary/aromatic N) is 1. The number of benzene rings is 1. The van der Waals surface area contributed by atoms with Crippen LogP contribution in [0.4, 0.5) is 5.00 Å². The van der Waals surface area contributed by atoms with Crippen LogP contribution in [0.1, 0.15) is 27.6 Å². The molecular weight excluding hydrogens is 322 g/mol. The van der Waals surface area contributed by atoms with Crippen molar-refractivity contribution >= 4 is 22.2 Å². The van der Waals surface area contributed by atoms with Crippen LogP contribution in [0.2, 0.25) is 0 Å². The fourth-order valence-electron chi connectivity index (χ4n) is 3.26. The molecule has 2 aromatic rings. The highest BCUT2D eigenvalue weighted by Crippen LogP contribution is 2.37. The van der Waals surface area contributed by atoms with E-state index in [9.17, 15) is 0 Å². The van der Waals surface area contributed by atoms with Gasteiger partial charge in [0.15, 0.2) is 0 Å². The Hall–Kier alpha value is -1.93. The van der Waals surface area contributed by atoms with Crippen molar-refractivity contribution in [2.75, 3.05) is 25.1 Å². The van der Waals surface area contributed by atoms with Crippen LogP contribution in [0.5, 0.6) is 0 Å². The Morgan fingerprint density at radius 3 is 3.04 bits per heavy atom. The van der Waals surface area contributed by atoms with Crippen LogP contribution in [-0.2, 0) is 17.8 Å². The minimum Gasteiger partial charge on any atom is -0.360 e. The molecule has 5 N–H and O–H groups in total. The van der Waals surface area contributed by atoms with Gasteiger partial charge in [-0.3, -0.25) is 0 Å². The summed E-state index contributed by atoms with van der Waals surface area (Å²) in [6.45, 7) is 2.93. The number of amidine groups is 1. The molecule has 126 valence electrons. The Labute approximate surface area is 145 Å². The molecule has 1 aromatic heterocycles. The van der Waals surface area contributed by atoms with Crippen LogP contribution in [0.15, 0.2) is 35.3 Å². The second-order valence-electron chi connectivity index (χ2n) is 5.92. The quantitative estimate of drug-likeness (QED) is 0.636. The van der Waals surface area contributed by atoms with E-state index in [0.717, 1.165) is 30.9 Å². The van der Waals surface area contributed by atoms with E-state index < -0.39 is 0 Å². The Kier molecular flexibility index (Phi) is 4.48. The Morgan fingerprint density at radius 2 is 2.21 bits per heavy atom. The Morgan fingerprint density at radius 1 is 1.33 bits per heavy atom. The van der Waals surface area contributed by atoms with Gasteiger partial charge < -0.3 is 20.8 Å². The van der Waals surface area contributed by atoms with E-state index in [1.54, 1.807) is 0 Å². The molecule has 0 radical (unpaired) electrons. The van der Waals surface area contributed by atoms with Gasteiger partial charge in [-0.2, -0.15) is 0 Å². The predicted molar refractivity (Wildman–Crippen MR) is 97.2 cm³/mol. The summed E-state index contributed by atoms with van der Waals surface area (Å²) >= 11 is 1.83. The molecule has 3 heterocycles. The van der Waals surface area contributed by atoms with Crippen molar-refractivity contribution in [3.63, 3.8) is 0 Å². The maximum atomic E-state index is 5.36.